The number of aliphatic hydroxyl groups is 1. The number of carbonyl (C=O) groups excluding carboxylic acids is 1. The van der Waals surface area contributed by atoms with Crippen molar-refractivity contribution in [2.45, 2.75) is 25.7 Å². The molecular weight excluding hydrogens is 206 g/mol. The highest BCUT2D eigenvalue weighted by Crippen LogP contribution is 2.13. The van der Waals surface area contributed by atoms with Crippen LogP contribution in [0.5, 0.6) is 0 Å². The van der Waals surface area contributed by atoms with Crippen LogP contribution in [-0.4, -0.2) is 15.8 Å². The molecule has 1 atom stereocenters. The van der Waals surface area contributed by atoms with E-state index in [0.29, 0.717) is 12.3 Å². The Morgan fingerprint density at radius 3 is 2.38 bits per heavy atom. The zero-order valence-corrected chi connectivity index (χ0v) is 9.70. The molecule has 0 rings (SSSR count). The number of hydrogen-bond donors (Lipinski definition) is 3. The molecule has 0 aliphatic heterocycles. The van der Waals surface area contributed by atoms with Gasteiger partial charge in [-0.1, -0.05) is 26.5 Å². The van der Waals surface area contributed by atoms with Crippen molar-refractivity contribution in [3.05, 3.63) is 13.2 Å². The number of nitrogens with one attached hydrogen (secondary N) is 1. The predicted molar refractivity (Wildman–Crippen MR) is 61.8 cm³/mol. The first-order valence-electron chi connectivity index (χ1n) is 3.85. The lowest BCUT2D eigenvalue weighted by molar-refractivity contribution is 0.232. The highest BCUT2D eigenvalue weighted by molar-refractivity contribution is 8.03. The van der Waals surface area contributed by atoms with Gasteiger partial charge in [0, 0.05) is 0 Å². The van der Waals surface area contributed by atoms with Gasteiger partial charge in [-0.05, 0) is 24.3 Å². The molecule has 0 bridgehead atoms. The van der Waals surface area contributed by atoms with Crippen LogP contribution in [0.15, 0.2) is 13.2 Å². The second-order valence-corrected chi connectivity index (χ2v) is 4.00. The lowest BCUT2D eigenvalue weighted by atomic mass is 10.1. The van der Waals surface area contributed by atoms with Crippen molar-refractivity contribution in [3.8, 4) is 0 Å². The monoisotopic (exact) mass is 223 g/mol. The molecule has 5 heteroatoms. The summed E-state index contributed by atoms with van der Waals surface area (Å²) in [4.78, 5) is 10.3. The van der Waals surface area contributed by atoms with Crippen molar-refractivity contribution in [2.24, 2.45) is 5.92 Å². The van der Waals surface area contributed by atoms with Crippen LogP contribution in [0.3, 0.4) is 0 Å². The van der Waals surface area contributed by atoms with Gasteiger partial charge in [0.15, 0.2) is 0 Å². The fourth-order valence-electron chi connectivity index (χ4n) is 0.570. The van der Waals surface area contributed by atoms with Gasteiger partial charge in [0.25, 0.3) is 5.24 Å². The summed E-state index contributed by atoms with van der Waals surface area (Å²) >= 11 is 4.47. The smallest absolute Gasteiger partial charge is 0.285 e. The number of hydrogen-bond acceptors (Lipinski definition) is 3. The lowest BCUT2D eigenvalue weighted by Crippen LogP contribution is -2.15. The molecule has 0 saturated carbocycles. The van der Waals surface area contributed by atoms with Crippen LogP contribution in [0, 0.1) is 5.92 Å². The molecule has 0 heterocycles. The van der Waals surface area contributed by atoms with Gasteiger partial charge in [-0.2, -0.15) is 0 Å². The summed E-state index contributed by atoms with van der Waals surface area (Å²) in [6.45, 7) is 10.0. The third kappa shape index (κ3) is 14.7. The Balaban J connectivity index is 0. The van der Waals surface area contributed by atoms with Crippen molar-refractivity contribution in [1.82, 2.24) is 4.72 Å². The van der Waals surface area contributed by atoms with Crippen LogP contribution >= 0.6 is 24.6 Å². The second-order valence-electron chi connectivity index (χ2n) is 2.61. The summed E-state index contributed by atoms with van der Waals surface area (Å²) in [5.74, 6) is 0.425. The van der Waals surface area contributed by atoms with Gasteiger partial charge in [-0.15, -0.1) is 13.2 Å². The zero-order valence-electron chi connectivity index (χ0n) is 7.99. The molecule has 1 unspecified atom stereocenters. The summed E-state index contributed by atoms with van der Waals surface area (Å²) in [6, 6.07) is 0. The van der Waals surface area contributed by atoms with Gasteiger partial charge in [-0.3, -0.25) is 9.52 Å². The van der Waals surface area contributed by atoms with Crippen molar-refractivity contribution in [1.29, 1.82) is 0 Å². The molecule has 0 aromatic heterocycles. The summed E-state index contributed by atoms with van der Waals surface area (Å²) in [5.41, 5.74) is -0.536. The standard InChI is InChI=1S/C6H13NO2S2.C2H4/c1-4(2)3-5(8)11-7-6(9)10;1-2/h4-5,8H,3H2,1-2H3,(H2,7,9,10);1-2H2. The summed E-state index contributed by atoms with van der Waals surface area (Å²) < 4.78 is 2.34. The quantitative estimate of drug-likeness (QED) is 0.297. The van der Waals surface area contributed by atoms with Gasteiger partial charge in [0.1, 0.15) is 5.44 Å². The van der Waals surface area contributed by atoms with E-state index in [-0.39, 0.29) is 0 Å². The maximum absolute atomic E-state index is 10.3. The van der Waals surface area contributed by atoms with Crippen LogP contribution in [-0.2, 0) is 0 Å². The summed E-state index contributed by atoms with van der Waals surface area (Å²) in [6.07, 6.45) is 0.665. The lowest BCUT2D eigenvalue weighted by Gasteiger charge is -2.11. The minimum atomic E-state index is -0.536. The first-order chi connectivity index (χ1) is 6.02. The molecular formula is C8H17NO2S2. The normalized spacial score (nSPS) is 11.5. The Labute approximate surface area is 89.5 Å². The van der Waals surface area contributed by atoms with Crippen molar-refractivity contribution >= 4 is 29.8 Å². The van der Waals surface area contributed by atoms with Crippen molar-refractivity contribution in [2.75, 3.05) is 0 Å². The number of aliphatic hydroxyl groups excluding tert-OH is 1. The van der Waals surface area contributed by atoms with Gasteiger partial charge in [-0.25, -0.2) is 0 Å². The number of rotatable bonds is 4. The largest absolute Gasteiger partial charge is 0.381 e. The molecule has 0 fully saturated rings. The molecule has 0 radical (unpaired) electrons. The third-order valence-electron chi connectivity index (χ3n) is 0.955. The maximum Gasteiger partial charge on any atom is 0.285 e. The van der Waals surface area contributed by atoms with Gasteiger partial charge < -0.3 is 5.11 Å². The molecule has 0 aliphatic rings. The molecule has 0 aromatic rings. The van der Waals surface area contributed by atoms with Crippen molar-refractivity contribution < 1.29 is 9.90 Å². The van der Waals surface area contributed by atoms with E-state index in [1.165, 1.54) is 0 Å². The zero-order chi connectivity index (χ0) is 10.9. The number of carbonyl (C=O) groups is 1. The molecule has 0 aromatic carbocycles. The van der Waals surface area contributed by atoms with Gasteiger partial charge >= 0.3 is 0 Å². The molecule has 3 nitrogen and oxygen atoms in total. The fourth-order valence-corrected chi connectivity index (χ4v) is 1.45. The Morgan fingerprint density at radius 2 is 2.08 bits per heavy atom. The molecule has 2 N–H and O–H groups in total. The van der Waals surface area contributed by atoms with E-state index >= 15 is 0 Å². The van der Waals surface area contributed by atoms with E-state index in [9.17, 15) is 9.90 Å². The van der Waals surface area contributed by atoms with Crippen LogP contribution in [0.2, 0.25) is 0 Å². The van der Waals surface area contributed by atoms with Crippen LogP contribution in [0.1, 0.15) is 20.3 Å². The topological polar surface area (TPSA) is 49.3 Å². The Morgan fingerprint density at radius 1 is 1.62 bits per heavy atom. The molecule has 0 spiro atoms. The first kappa shape index (κ1) is 15.3. The van der Waals surface area contributed by atoms with Crippen LogP contribution in [0.25, 0.3) is 0 Å². The summed E-state index contributed by atoms with van der Waals surface area (Å²) in [7, 11) is 0. The van der Waals surface area contributed by atoms with E-state index in [0.717, 1.165) is 11.9 Å². The second kappa shape index (κ2) is 9.95. The molecule has 13 heavy (non-hydrogen) atoms. The fraction of sp³-hybridized carbons (Fsp3) is 0.625. The van der Waals surface area contributed by atoms with E-state index in [4.69, 9.17) is 0 Å². The highest BCUT2D eigenvalue weighted by Gasteiger charge is 2.07. The van der Waals surface area contributed by atoms with E-state index in [1.54, 1.807) is 0 Å². The van der Waals surface area contributed by atoms with E-state index in [1.807, 2.05) is 13.8 Å². The van der Waals surface area contributed by atoms with Gasteiger partial charge in [0.2, 0.25) is 0 Å². The first-order valence-corrected chi connectivity index (χ1v) is 5.17. The summed E-state index contributed by atoms with van der Waals surface area (Å²) in [5, 5.41) is 8.75. The predicted octanol–water partition coefficient (Wildman–Crippen LogP) is 2.44. The number of thiol groups is 1. The third-order valence-corrected chi connectivity index (χ3v) is 1.99. The highest BCUT2D eigenvalue weighted by atomic mass is 32.2. The van der Waals surface area contributed by atoms with Crippen LogP contribution < -0.4 is 4.72 Å². The van der Waals surface area contributed by atoms with Gasteiger partial charge in [0.05, 0.1) is 0 Å². The maximum atomic E-state index is 10.3. The Hall–Kier alpha value is -0.130. The molecule has 78 valence electrons. The number of amides is 1. The Bertz CT molecular complexity index is 142. The average molecular weight is 223 g/mol. The van der Waals surface area contributed by atoms with E-state index < -0.39 is 10.7 Å². The molecule has 0 saturated heterocycles. The minimum absolute atomic E-state index is 0.425. The SMILES string of the molecule is C=C.CC(C)CC(O)SNC(=O)S. The molecule has 0 aliphatic carbocycles. The minimum Gasteiger partial charge on any atom is -0.381 e. The Kier molecular flexibility index (Phi) is 11.8. The average Bonchev–Trinajstić information content (AvgIpc) is 2.03. The van der Waals surface area contributed by atoms with Crippen molar-refractivity contribution in [3.63, 3.8) is 0 Å². The molecule has 1 amide bonds. The van der Waals surface area contributed by atoms with E-state index in [2.05, 4.69) is 30.5 Å². The van der Waals surface area contributed by atoms with Crippen LogP contribution in [0.4, 0.5) is 4.79 Å².